The van der Waals surface area contributed by atoms with Crippen molar-refractivity contribution in [1.82, 2.24) is 20.3 Å². The van der Waals surface area contributed by atoms with Crippen LogP contribution in [0.15, 0.2) is 48.1 Å². The number of amides is 1. The number of hydrogen-bond donors (Lipinski definition) is 2. The first-order valence-electron chi connectivity index (χ1n) is 7.04. The molecule has 0 atom stereocenters. The monoisotopic (exact) mass is 325 g/mol. The average Bonchev–Trinajstić information content (AvgIpc) is 3.03. The molecule has 0 bridgehead atoms. The SMILES string of the molecule is CC(=O)NCc1ccc(-c2csc(Nc3ncccn3)n2)cc1. The fraction of sp³-hybridized carbons (Fsp3) is 0.125. The van der Waals surface area contributed by atoms with E-state index in [-0.39, 0.29) is 5.91 Å². The van der Waals surface area contributed by atoms with E-state index < -0.39 is 0 Å². The minimum Gasteiger partial charge on any atom is -0.352 e. The summed E-state index contributed by atoms with van der Waals surface area (Å²) in [5.74, 6) is 0.492. The van der Waals surface area contributed by atoms with Crippen LogP contribution in [0.5, 0.6) is 0 Å². The maximum atomic E-state index is 10.9. The molecule has 0 saturated heterocycles. The number of nitrogens with one attached hydrogen (secondary N) is 2. The molecule has 1 aromatic carbocycles. The van der Waals surface area contributed by atoms with Gasteiger partial charge in [0, 0.05) is 36.8 Å². The maximum absolute atomic E-state index is 10.9. The van der Waals surface area contributed by atoms with E-state index in [4.69, 9.17) is 0 Å². The lowest BCUT2D eigenvalue weighted by Gasteiger charge is -2.03. The fourth-order valence-corrected chi connectivity index (χ4v) is 2.66. The Balaban J connectivity index is 1.69. The minimum atomic E-state index is -0.0348. The first-order valence-corrected chi connectivity index (χ1v) is 7.92. The number of thiazole rings is 1. The Kier molecular flexibility index (Phi) is 4.58. The Labute approximate surface area is 137 Å². The topological polar surface area (TPSA) is 79.8 Å². The number of anilines is 2. The van der Waals surface area contributed by atoms with Gasteiger partial charge in [-0.1, -0.05) is 24.3 Å². The van der Waals surface area contributed by atoms with Crippen molar-refractivity contribution < 1.29 is 4.79 Å². The lowest BCUT2D eigenvalue weighted by molar-refractivity contribution is -0.119. The number of carbonyl (C=O) groups is 1. The summed E-state index contributed by atoms with van der Waals surface area (Å²) in [6.45, 7) is 2.04. The van der Waals surface area contributed by atoms with Gasteiger partial charge in [-0.15, -0.1) is 11.3 Å². The summed E-state index contributed by atoms with van der Waals surface area (Å²) in [4.78, 5) is 23.7. The van der Waals surface area contributed by atoms with Crippen LogP contribution in [0.3, 0.4) is 0 Å². The van der Waals surface area contributed by atoms with Crippen LogP contribution in [0.4, 0.5) is 11.1 Å². The third-order valence-corrected chi connectivity index (χ3v) is 3.84. The number of carbonyl (C=O) groups excluding carboxylic acids is 1. The standard InChI is InChI=1S/C16H15N5OS/c1-11(22)19-9-12-3-5-13(6-4-12)14-10-23-16(20-14)21-15-17-7-2-8-18-15/h2-8,10H,9H2,1H3,(H,19,22)(H,17,18,20,21). The highest BCUT2D eigenvalue weighted by molar-refractivity contribution is 7.14. The average molecular weight is 325 g/mol. The smallest absolute Gasteiger partial charge is 0.228 e. The quantitative estimate of drug-likeness (QED) is 0.754. The molecule has 0 radical (unpaired) electrons. The van der Waals surface area contributed by atoms with Crippen LogP contribution in [-0.2, 0) is 11.3 Å². The molecular formula is C16H15N5OS. The molecule has 7 heteroatoms. The van der Waals surface area contributed by atoms with Crippen LogP contribution in [0.2, 0.25) is 0 Å². The second-order valence-corrected chi connectivity index (χ2v) is 5.70. The lowest BCUT2D eigenvalue weighted by Crippen LogP contribution is -2.18. The van der Waals surface area contributed by atoms with E-state index in [1.165, 1.54) is 18.3 Å². The van der Waals surface area contributed by atoms with Gasteiger partial charge in [0.15, 0.2) is 5.13 Å². The summed E-state index contributed by atoms with van der Waals surface area (Å²) in [5.41, 5.74) is 2.96. The molecule has 2 heterocycles. The third-order valence-electron chi connectivity index (χ3n) is 3.08. The molecule has 23 heavy (non-hydrogen) atoms. The van der Waals surface area contributed by atoms with Crippen LogP contribution in [0, 0.1) is 0 Å². The van der Waals surface area contributed by atoms with E-state index in [2.05, 4.69) is 25.6 Å². The van der Waals surface area contributed by atoms with Crippen LogP contribution in [-0.4, -0.2) is 20.9 Å². The molecule has 0 fully saturated rings. The summed E-state index contributed by atoms with van der Waals surface area (Å²) >= 11 is 1.50. The Morgan fingerprint density at radius 2 is 1.91 bits per heavy atom. The van der Waals surface area contributed by atoms with Crippen molar-refractivity contribution in [3.63, 3.8) is 0 Å². The van der Waals surface area contributed by atoms with Gasteiger partial charge in [-0.05, 0) is 11.6 Å². The minimum absolute atomic E-state index is 0.0348. The molecule has 0 spiro atoms. The molecular weight excluding hydrogens is 310 g/mol. The summed E-state index contributed by atoms with van der Waals surface area (Å²) < 4.78 is 0. The lowest BCUT2D eigenvalue weighted by atomic mass is 10.1. The first kappa shape index (κ1) is 15.1. The Hall–Kier alpha value is -2.80. The predicted molar refractivity (Wildman–Crippen MR) is 90.4 cm³/mol. The van der Waals surface area contributed by atoms with Gasteiger partial charge in [0.2, 0.25) is 11.9 Å². The molecule has 2 N–H and O–H groups in total. The van der Waals surface area contributed by atoms with E-state index >= 15 is 0 Å². The first-order chi connectivity index (χ1) is 11.2. The van der Waals surface area contributed by atoms with Gasteiger partial charge in [-0.2, -0.15) is 0 Å². The zero-order valence-corrected chi connectivity index (χ0v) is 13.3. The number of benzene rings is 1. The number of nitrogens with zero attached hydrogens (tertiary/aromatic N) is 3. The highest BCUT2D eigenvalue weighted by Crippen LogP contribution is 2.26. The maximum Gasteiger partial charge on any atom is 0.228 e. The molecule has 1 amide bonds. The van der Waals surface area contributed by atoms with E-state index in [0.29, 0.717) is 12.5 Å². The number of hydrogen-bond acceptors (Lipinski definition) is 6. The molecule has 3 aromatic rings. The molecule has 0 aliphatic rings. The molecule has 6 nitrogen and oxygen atoms in total. The zero-order valence-electron chi connectivity index (χ0n) is 12.5. The molecule has 0 unspecified atom stereocenters. The fourth-order valence-electron chi connectivity index (χ4n) is 1.94. The van der Waals surface area contributed by atoms with Crippen molar-refractivity contribution in [2.24, 2.45) is 0 Å². The van der Waals surface area contributed by atoms with E-state index in [1.807, 2.05) is 29.6 Å². The molecule has 2 aromatic heterocycles. The summed E-state index contributed by atoms with van der Waals surface area (Å²) in [6.07, 6.45) is 3.36. The van der Waals surface area contributed by atoms with Crippen LogP contribution in [0.1, 0.15) is 12.5 Å². The van der Waals surface area contributed by atoms with Crippen molar-refractivity contribution in [3.8, 4) is 11.3 Å². The van der Waals surface area contributed by atoms with Gasteiger partial charge in [-0.3, -0.25) is 4.79 Å². The predicted octanol–water partition coefficient (Wildman–Crippen LogP) is 2.98. The van der Waals surface area contributed by atoms with Gasteiger partial charge in [-0.25, -0.2) is 15.0 Å². The van der Waals surface area contributed by atoms with Crippen molar-refractivity contribution >= 4 is 28.3 Å². The second kappa shape index (κ2) is 6.97. The second-order valence-electron chi connectivity index (χ2n) is 4.84. The Morgan fingerprint density at radius 1 is 1.17 bits per heavy atom. The van der Waals surface area contributed by atoms with Gasteiger partial charge in [0.1, 0.15) is 0 Å². The molecule has 116 valence electrons. The normalized spacial score (nSPS) is 10.3. The van der Waals surface area contributed by atoms with Crippen LogP contribution >= 0.6 is 11.3 Å². The molecule has 0 aliphatic carbocycles. The van der Waals surface area contributed by atoms with Crippen molar-refractivity contribution in [2.45, 2.75) is 13.5 Å². The Bertz CT molecular complexity index is 786. The van der Waals surface area contributed by atoms with Gasteiger partial charge in [0.05, 0.1) is 5.69 Å². The number of rotatable bonds is 5. The highest BCUT2D eigenvalue weighted by Gasteiger charge is 2.06. The molecule has 3 rings (SSSR count). The summed E-state index contributed by atoms with van der Waals surface area (Å²) in [7, 11) is 0. The van der Waals surface area contributed by atoms with Gasteiger partial charge < -0.3 is 10.6 Å². The van der Waals surface area contributed by atoms with E-state index in [9.17, 15) is 4.79 Å². The van der Waals surface area contributed by atoms with Gasteiger partial charge >= 0.3 is 0 Å². The third kappa shape index (κ3) is 4.10. The largest absolute Gasteiger partial charge is 0.352 e. The van der Waals surface area contributed by atoms with E-state index in [1.54, 1.807) is 18.5 Å². The van der Waals surface area contributed by atoms with Crippen molar-refractivity contribution in [1.29, 1.82) is 0 Å². The van der Waals surface area contributed by atoms with Gasteiger partial charge in [0.25, 0.3) is 0 Å². The summed E-state index contributed by atoms with van der Waals surface area (Å²) in [6, 6.07) is 9.72. The van der Waals surface area contributed by atoms with Crippen molar-refractivity contribution in [3.05, 3.63) is 53.7 Å². The Morgan fingerprint density at radius 3 is 2.61 bits per heavy atom. The van der Waals surface area contributed by atoms with Crippen molar-refractivity contribution in [2.75, 3.05) is 5.32 Å². The summed E-state index contributed by atoms with van der Waals surface area (Å²) in [5, 5.41) is 8.58. The van der Waals surface area contributed by atoms with Crippen LogP contribution in [0.25, 0.3) is 11.3 Å². The molecule has 0 aliphatic heterocycles. The highest BCUT2D eigenvalue weighted by atomic mass is 32.1. The van der Waals surface area contributed by atoms with E-state index in [0.717, 1.165) is 22.0 Å². The molecule has 0 saturated carbocycles. The van der Waals surface area contributed by atoms with Crippen LogP contribution < -0.4 is 10.6 Å². The number of aromatic nitrogens is 3. The zero-order chi connectivity index (χ0) is 16.1.